The molecule has 0 spiro atoms. The molecule has 9 aromatic carbocycles. The van der Waals surface area contributed by atoms with Gasteiger partial charge < -0.3 is 14.7 Å². The first-order valence-electron chi connectivity index (χ1n) is 24.5. The Morgan fingerprint density at radius 3 is 0.743 bits per heavy atom. The van der Waals surface area contributed by atoms with Crippen LogP contribution in [0.25, 0.3) is 24.3 Å². The molecule has 0 aliphatic heterocycles. The van der Waals surface area contributed by atoms with E-state index in [4.69, 9.17) is 0 Å². The van der Waals surface area contributed by atoms with Gasteiger partial charge in [0.1, 0.15) is 0 Å². The number of anilines is 9. The second kappa shape index (κ2) is 21.0. The van der Waals surface area contributed by atoms with Gasteiger partial charge in [0.2, 0.25) is 0 Å². The Bertz CT molecular complexity index is 3030. The van der Waals surface area contributed by atoms with Crippen LogP contribution < -0.4 is 14.7 Å². The molecule has 0 atom stereocenters. The quantitative estimate of drug-likeness (QED) is 0.101. The Labute approximate surface area is 417 Å². The van der Waals surface area contributed by atoms with Gasteiger partial charge >= 0.3 is 0 Å². The first-order chi connectivity index (χ1) is 33.9. The molecule has 0 heterocycles. The summed E-state index contributed by atoms with van der Waals surface area (Å²) in [7, 11) is 0. The zero-order valence-corrected chi connectivity index (χ0v) is 41.9. The predicted octanol–water partition coefficient (Wildman–Crippen LogP) is 19.4. The molecule has 9 rings (SSSR count). The fourth-order valence-corrected chi connectivity index (χ4v) is 8.79. The summed E-state index contributed by atoms with van der Waals surface area (Å²) in [6, 6.07) is 75.3. The van der Waals surface area contributed by atoms with E-state index in [-0.39, 0.29) is 0 Å². The van der Waals surface area contributed by atoms with E-state index in [0.29, 0.717) is 5.92 Å². The van der Waals surface area contributed by atoms with Gasteiger partial charge in [0, 0.05) is 51.2 Å². The van der Waals surface area contributed by atoms with Crippen molar-refractivity contribution in [3.05, 3.63) is 267 Å². The largest absolute Gasteiger partial charge is 0.311 e. The van der Waals surface area contributed by atoms with Crippen LogP contribution in [0.15, 0.2) is 206 Å². The van der Waals surface area contributed by atoms with Gasteiger partial charge in [-0.2, -0.15) is 0 Å². The third-order valence-electron chi connectivity index (χ3n) is 13.4. The van der Waals surface area contributed by atoms with Crippen molar-refractivity contribution in [1.29, 1.82) is 0 Å². The Balaban J connectivity index is 0.926. The maximum atomic E-state index is 2.34. The summed E-state index contributed by atoms with van der Waals surface area (Å²) in [6.45, 7) is 17.4. The maximum absolute atomic E-state index is 2.34. The molecule has 0 N–H and O–H groups in total. The van der Waals surface area contributed by atoms with Crippen molar-refractivity contribution in [3.8, 4) is 0 Å². The first kappa shape index (κ1) is 46.9. The van der Waals surface area contributed by atoms with Crippen LogP contribution in [0, 0.1) is 41.5 Å². The molecule has 9 aromatic rings. The lowest BCUT2D eigenvalue weighted by atomic mass is 10.0. The van der Waals surface area contributed by atoms with Crippen LogP contribution in [0.4, 0.5) is 51.2 Å². The molecule has 3 heteroatoms. The van der Waals surface area contributed by atoms with Crippen molar-refractivity contribution in [2.24, 2.45) is 0 Å². The lowest BCUT2D eigenvalue weighted by molar-refractivity contribution is 0.866. The number of aryl methyl sites for hydroxylation is 6. The van der Waals surface area contributed by atoms with E-state index >= 15 is 0 Å². The number of hydrogen-bond acceptors (Lipinski definition) is 3. The number of nitrogens with zero attached hydrogens (tertiary/aromatic N) is 3. The minimum Gasteiger partial charge on any atom is -0.311 e. The highest BCUT2D eigenvalue weighted by Crippen LogP contribution is 2.39. The monoisotopic (exact) mass is 910 g/mol. The van der Waals surface area contributed by atoms with Crippen molar-refractivity contribution in [2.45, 2.75) is 61.3 Å². The Kier molecular flexibility index (Phi) is 14.1. The molecule has 0 amide bonds. The smallest absolute Gasteiger partial charge is 0.0464 e. The average Bonchev–Trinajstić information content (AvgIpc) is 3.38. The number of benzene rings is 9. The van der Waals surface area contributed by atoms with Crippen LogP contribution in [-0.2, 0) is 0 Å². The van der Waals surface area contributed by atoms with Crippen molar-refractivity contribution >= 4 is 75.5 Å². The zero-order chi connectivity index (χ0) is 48.7. The first-order valence-corrected chi connectivity index (χ1v) is 24.5. The Morgan fingerprint density at radius 1 is 0.257 bits per heavy atom. The normalized spacial score (nSPS) is 11.4. The fourth-order valence-electron chi connectivity index (χ4n) is 8.79. The summed E-state index contributed by atoms with van der Waals surface area (Å²) in [5, 5.41) is 0. The molecule has 0 aliphatic rings. The van der Waals surface area contributed by atoms with Crippen molar-refractivity contribution in [3.63, 3.8) is 0 Å². The van der Waals surface area contributed by atoms with E-state index in [1.54, 1.807) is 0 Å². The van der Waals surface area contributed by atoms with Gasteiger partial charge in [0.15, 0.2) is 0 Å². The third-order valence-corrected chi connectivity index (χ3v) is 13.4. The molecule has 0 radical (unpaired) electrons. The zero-order valence-electron chi connectivity index (χ0n) is 41.9. The molecular weight excluding hydrogens is 847 g/mol. The highest BCUT2D eigenvalue weighted by molar-refractivity contribution is 5.82. The molecule has 0 bridgehead atoms. The summed E-state index contributed by atoms with van der Waals surface area (Å²) in [5.41, 5.74) is 23.7. The molecule has 0 saturated heterocycles. The highest BCUT2D eigenvalue weighted by atomic mass is 15.2. The molecule has 70 heavy (non-hydrogen) atoms. The van der Waals surface area contributed by atoms with Gasteiger partial charge in [0.05, 0.1) is 0 Å². The summed E-state index contributed by atoms with van der Waals surface area (Å²) < 4.78 is 0. The van der Waals surface area contributed by atoms with Crippen LogP contribution in [0.2, 0.25) is 0 Å². The van der Waals surface area contributed by atoms with E-state index in [2.05, 4.69) is 301 Å². The van der Waals surface area contributed by atoms with E-state index in [1.165, 1.54) is 38.9 Å². The van der Waals surface area contributed by atoms with Gasteiger partial charge in [-0.15, -0.1) is 0 Å². The van der Waals surface area contributed by atoms with E-state index in [9.17, 15) is 0 Å². The van der Waals surface area contributed by atoms with Crippen molar-refractivity contribution < 1.29 is 0 Å². The average molecular weight is 910 g/mol. The second-order valence-electron chi connectivity index (χ2n) is 19.0. The van der Waals surface area contributed by atoms with E-state index in [0.717, 1.165) is 73.4 Å². The van der Waals surface area contributed by atoms with E-state index in [1.807, 2.05) is 0 Å². The van der Waals surface area contributed by atoms with Gasteiger partial charge in [0.25, 0.3) is 0 Å². The lowest BCUT2D eigenvalue weighted by Crippen LogP contribution is -2.10. The fraction of sp³-hybridized carbons (Fsp3) is 0.134. The molecule has 3 nitrogen and oxygen atoms in total. The minimum absolute atomic E-state index is 0.459. The predicted molar refractivity (Wildman–Crippen MR) is 304 cm³/mol. The Morgan fingerprint density at radius 2 is 0.486 bits per heavy atom. The summed E-state index contributed by atoms with van der Waals surface area (Å²) >= 11 is 0. The van der Waals surface area contributed by atoms with Gasteiger partial charge in [-0.05, 0) is 207 Å². The van der Waals surface area contributed by atoms with Gasteiger partial charge in [-0.1, -0.05) is 146 Å². The minimum atomic E-state index is 0.459. The second-order valence-corrected chi connectivity index (χ2v) is 19.0. The van der Waals surface area contributed by atoms with Gasteiger partial charge in [-0.25, -0.2) is 0 Å². The third kappa shape index (κ3) is 10.9. The van der Waals surface area contributed by atoms with Crippen LogP contribution in [0.5, 0.6) is 0 Å². The van der Waals surface area contributed by atoms with Gasteiger partial charge in [-0.3, -0.25) is 0 Å². The molecule has 0 aromatic heterocycles. The van der Waals surface area contributed by atoms with Crippen LogP contribution in [0.3, 0.4) is 0 Å². The lowest BCUT2D eigenvalue weighted by Gasteiger charge is -2.26. The topological polar surface area (TPSA) is 9.72 Å². The maximum Gasteiger partial charge on any atom is 0.0464 e. The van der Waals surface area contributed by atoms with Crippen molar-refractivity contribution in [2.75, 3.05) is 14.7 Å². The highest BCUT2D eigenvalue weighted by Gasteiger charge is 2.16. The summed E-state index contributed by atoms with van der Waals surface area (Å²) in [6.07, 6.45) is 8.78. The molecule has 0 saturated carbocycles. The van der Waals surface area contributed by atoms with E-state index < -0.39 is 0 Å². The summed E-state index contributed by atoms with van der Waals surface area (Å²) in [5.74, 6) is 0.459. The van der Waals surface area contributed by atoms with Crippen LogP contribution >= 0.6 is 0 Å². The number of rotatable bonds is 14. The van der Waals surface area contributed by atoms with Crippen molar-refractivity contribution in [1.82, 2.24) is 0 Å². The molecule has 346 valence electrons. The molecule has 0 fully saturated rings. The Hall–Kier alpha value is -8.14. The SMILES string of the molecule is Cc1ccc(N(c2ccc(/C=C/c3ccc(N(c4ccc(/C=C/c5ccc(N(c6ccc(C)cc6)c6ccc(C)c(C)c6)cc5)cc4)c4ccc(C(C)C)cc4)cc3)cc2)c2ccc(C)c(C)c2)cc1. The molecular formula is C67H63N3. The van der Waals surface area contributed by atoms with Crippen LogP contribution in [-0.4, -0.2) is 0 Å². The number of hydrogen-bond donors (Lipinski definition) is 0. The molecule has 0 aliphatic carbocycles. The molecule has 0 unspecified atom stereocenters. The standard InChI is InChI=1S/C67H63N3/c1-47(2)58-27-43-65(44-28-58)68(61-35-19-54(20-36-61)15-17-56-23-39-63(40-24-56)69(59-29-9-48(3)10-30-59)66-33-13-50(5)52(7)45-66)62-37-21-55(22-38-62)16-18-57-25-41-64(42-26-57)70(60-31-11-49(4)12-32-60)67-34-14-51(6)53(8)46-67/h9-47H,1-8H3/b17-15+,18-16+. The summed E-state index contributed by atoms with van der Waals surface area (Å²) in [4.78, 5) is 7.00. The van der Waals surface area contributed by atoms with Crippen LogP contribution in [0.1, 0.15) is 81.0 Å².